The molecule has 2 aromatic rings. The van der Waals surface area contributed by atoms with Crippen LogP contribution in [-0.2, 0) is 4.65 Å². The number of anilines is 1. The molecule has 0 fully saturated rings. The summed E-state index contributed by atoms with van der Waals surface area (Å²) in [5, 5.41) is 0. The van der Waals surface area contributed by atoms with E-state index in [2.05, 4.69) is 0 Å². The van der Waals surface area contributed by atoms with Gasteiger partial charge in [-0.25, -0.2) is 0 Å². The molecule has 0 amide bonds. The second-order valence-corrected chi connectivity index (χ2v) is 5.16. The Morgan fingerprint density at radius 3 is 2.43 bits per heavy atom. The highest BCUT2D eigenvalue weighted by atomic mass is 19.3. The van der Waals surface area contributed by atoms with Gasteiger partial charge < -0.3 is 22.7 Å². The molecular weight excluding hydrogens is 273 g/mol. The van der Waals surface area contributed by atoms with Crippen LogP contribution in [0.4, 0.5) is 14.3 Å². The van der Waals surface area contributed by atoms with Crippen LogP contribution in [0.5, 0.6) is 0 Å². The van der Waals surface area contributed by atoms with E-state index >= 15 is 0 Å². The summed E-state index contributed by atoms with van der Waals surface area (Å²) in [5.41, 5.74) is 2.07. The zero-order valence-electron chi connectivity index (χ0n) is 11.8. The molecule has 0 N–H and O–H groups in total. The standard InChI is InChI=1S/C15H15BF2N2O/c1-19(2)13-8-6-12(7-9-13)15-11-14-5-3-4-10-20(14)16(17,18)21-15/h3-11H,1-2H3. The van der Waals surface area contributed by atoms with Crippen molar-refractivity contribution in [3.8, 4) is 0 Å². The van der Waals surface area contributed by atoms with E-state index in [1.165, 1.54) is 6.20 Å². The Labute approximate surface area is 122 Å². The maximum Gasteiger partial charge on any atom is 0.834 e. The van der Waals surface area contributed by atoms with Crippen LogP contribution in [0.3, 0.4) is 0 Å². The molecule has 6 heteroatoms. The molecule has 1 aromatic heterocycles. The Hall–Kier alpha value is -2.37. The summed E-state index contributed by atoms with van der Waals surface area (Å²) < 4.78 is 34.0. The molecule has 0 unspecified atom stereocenters. The summed E-state index contributed by atoms with van der Waals surface area (Å²) in [6, 6.07) is 12.3. The molecule has 0 spiro atoms. The molecule has 3 nitrogen and oxygen atoms in total. The van der Waals surface area contributed by atoms with Crippen LogP contribution in [-0.4, -0.2) is 21.1 Å². The van der Waals surface area contributed by atoms with Crippen molar-refractivity contribution in [2.45, 2.75) is 0 Å². The van der Waals surface area contributed by atoms with Gasteiger partial charge in [-0.2, -0.15) is 0 Å². The fraction of sp³-hybridized carbons (Fsp3) is 0.133. The van der Waals surface area contributed by atoms with Crippen molar-refractivity contribution in [3.05, 3.63) is 59.9 Å². The average Bonchev–Trinajstić information content (AvgIpc) is 2.46. The van der Waals surface area contributed by atoms with Crippen LogP contribution in [0.15, 0.2) is 48.7 Å². The number of benzene rings is 1. The van der Waals surface area contributed by atoms with Crippen molar-refractivity contribution in [1.82, 2.24) is 0 Å². The lowest BCUT2D eigenvalue weighted by Gasteiger charge is -2.27. The Bertz CT molecular complexity index is 699. The first-order chi connectivity index (χ1) is 9.97. The Morgan fingerprint density at radius 1 is 1.05 bits per heavy atom. The number of hydrogen-bond donors (Lipinski definition) is 0. The van der Waals surface area contributed by atoms with Crippen LogP contribution in [0, 0.1) is 0 Å². The number of halogens is 2. The minimum absolute atomic E-state index is 0.191. The van der Waals surface area contributed by atoms with Crippen molar-refractivity contribution in [2.24, 2.45) is 0 Å². The molecule has 0 saturated heterocycles. The van der Waals surface area contributed by atoms with Crippen molar-refractivity contribution in [2.75, 3.05) is 19.0 Å². The molecular formula is C15H15BF2N2O. The topological polar surface area (TPSA) is 16.4 Å². The highest BCUT2D eigenvalue weighted by Gasteiger charge is 2.49. The first-order valence-electron chi connectivity index (χ1n) is 6.67. The maximum absolute atomic E-state index is 14.1. The minimum atomic E-state index is -4.09. The zero-order chi connectivity index (χ0) is 15.0. The van der Waals surface area contributed by atoms with E-state index < -0.39 is 7.04 Å². The zero-order valence-corrected chi connectivity index (χ0v) is 11.8. The lowest BCUT2D eigenvalue weighted by molar-refractivity contribution is -0.583. The van der Waals surface area contributed by atoms with E-state index in [0.717, 1.165) is 10.2 Å². The Morgan fingerprint density at radius 2 is 1.76 bits per heavy atom. The molecule has 21 heavy (non-hydrogen) atoms. The Kier molecular flexibility index (Phi) is 3.16. The van der Waals surface area contributed by atoms with Crippen molar-refractivity contribution in [3.63, 3.8) is 0 Å². The van der Waals surface area contributed by atoms with Crippen LogP contribution in [0.25, 0.3) is 11.8 Å². The van der Waals surface area contributed by atoms with E-state index in [-0.39, 0.29) is 5.76 Å². The molecule has 0 bridgehead atoms. The van der Waals surface area contributed by atoms with Crippen LogP contribution < -0.4 is 9.38 Å². The number of aromatic nitrogens is 1. The smallest absolute Gasteiger partial charge is 0.599 e. The van der Waals surface area contributed by atoms with Gasteiger partial charge in [0.2, 0.25) is 0 Å². The summed E-state index contributed by atoms with van der Waals surface area (Å²) in [4.78, 5) is 1.95. The fourth-order valence-electron chi connectivity index (χ4n) is 2.32. The number of hydrogen-bond acceptors (Lipinski definition) is 2. The monoisotopic (exact) mass is 288 g/mol. The van der Waals surface area contributed by atoms with Gasteiger partial charge in [0, 0.05) is 37.5 Å². The highest BCUT2D eigenvalue weighted by Crippen LogP contribution is 2.28. The largest absolute Gasteiger partial charge is 0.834 e. The van der Waals surface area contributed by atoms with E-state index in [1.54, 1.807) is 36.4 Å². The van der Waals surface area contributed by atoms with Gasteiger partial charge in [-0.05, 0) is 30.3 Å². The van der Waals surface area contributed by atoms with Crippen LogP contribution in [0.1, 0.15) is 11.3 Å². The molecule has 0 atom stereocenters. The van der Waals surface area contributed by atoms with Gasteiger partial charge in [0.1, 0.15) is 6.20 Å². The van der Waals surface area contributed by atoms with Crippen molar-refractivity contribution >= 4 is 24.6 Å². The van der Waals surface area contributed by atoms with Gasteiger partial charge in [-0.3, -0.25) is 0 Å². The second kappa shape index (κ2) is 4.88. The third-order valence-corrected chi connectivity index (χ3v) is 3.46. The quantitative estimate of drug-likeness (QED) is 0.790. The van der Waals surface area contributed by atoms with Gasteiger partial charge in [-0.15, -0.1) is 0 Å². The molecule has 0 saturated carbocycles. The summed E-state index contributed by atoms with van der Waals surface area (Å²) in [7, 11) is -0.241. The predicted octanol–water partition coefficient (Wildman–Crippen LogP) is 2.79. The lowest BCUT2D eigenvalue weighted by atomic mass is 9.98. The van der Waals surface area contributed by atoms with Crippen molar-refractivity contribution < 1.29 is 17.8 Å². The molecule has 2 heterocycles. The summed E-state index contributed by atoms with van der Waals surface area (Å²) in [6.45, 7) is 0. The average molecular weight is 288 g/mol. The number of pyridine rings is 1. The van der Waals surface area contributed by atoms with Gasteiger partial charge in [0.25, 0.3) is 0 Å². The summed E-state index contributed by atoms with van der Waals surface area (Å²) in [5.74, 6) is 0.191. The summed E-state index contributed by atoms with van der Waals surface area (Å²) in [6.07, 6.45) is 2.96. The highest BCUT2D eigenvalue weighted by molar-refractivity contribution is 6.51. The van der Waals surface area contributed by atoms with Gasteiger partial charge in [0.05, 0.1) is 5.76 Å². The first kappa shape index (κ1) is 13.6. The molecule has 0 radical (unpaired) electrons. The van der Waals surface area contributed by atoms with Crippen molar-refractivity contribution in [1.29, 1.82) is 0 Å². The molecule has 1 aliphatic rings. The van der Waals surface area contributed by atoms with E-state index in [4.69, 9.17) is 4.65 Å². The van der Waals surface area contributed by atoms with E-state index in [9.17, 15) is 8.63 Å². The normalized spacial score (nSPS) is 15.7. The third kappa shape index (κ3) is 2.49. The number of fused-ring (bicyclic) bond motifs is 1. The first-order valence-corrected chi connectivity index (χ1v) is 6.67. The molecule has 108 valence electrons. The van der Waals surface area contributed by atoms with E-state index in [0.29, 0.717) is 11.3 Å². The maximum atomic E-state index is 14.1. The predicted molar refractivity (Wildman–Crippen MR) is 79.7 cm³/mol. The van der Waals surface area contributed by atoms with E-state index in [1.807, 2.05) is 31.1 Å². The van der Waals surface area contributed by atoms with Gasteiger partial charge in [0.15, 0.2) is 5.69 Å². The molecule has 1 aliphatic heterocycles. The number of rotatable bonds is 2. The molecule has 0 aliphatic carbocycles. The Balaban J connectivity index is 2.02. The number of nitrogens with zero attached hydrogens (tertiary/aromatic N) is 2. The minimum Gasteiger partial charge on any atom is -0.599 e. The van der Waals surface area contributed by atoms with Gasteiger partial charge >= 0.3 is 7.04 Å². The fourth-order valence-corrected chi connectivity index (χ4v) is 2.32. The molecule has 1 aromatic carbocycles. The molecule has 3 rings (SSSR count). The van der Waals surface area contributed by atoms with Crippen LogP contribution >= 0.6 is 0 Å². The van der Waals surface area contributed by atoms with Crippen LogP contribution in [0.2, 0.25) is 0 Å². The summed E-state index contributed by atoms with van der Waals surface area (Å²) >= 11 is 0. The van der Waals surface area contributed by atoms with Gasteiger partial charge in [-0.1, -0.05) is 6.07 Å². The second-order valence-electron chi connectivity index (χ2n) is 5.16. The SMILES string of the molecule is CN(C)c1ccc(C2=Cc3cccc[n+]3[B-](F)(F)O2)cc1. The third-order valence-electron chi connectivity index (χ3n) is 3.46. The lowest BCUT2D eigenvalue weighted by Crippen LogP contribution is -2.63.